The summed E-state index contributed by atoms with van der Waals surface area (Å²) in [6.07, 6.45) is 2.47. The summed E-state index contributed by atoms with van der Waals surface area (Å²) in [4.78, 5) is 0. The Bertz CT molecular complexity index is 428. The van der Waals surface area contributed by atoms with Gasteiger partial charge >= 0.3 is 0 Å². The van der Waals surface area contributed by atoms with E-state index in [2.05, 4.69) is 19.2 Å². The van der Waals surface area contributed by atoms with Crippen LogP contribution >= 0.6 is 0 Å². The third-order valence-electron chi connectivity index (χ3n) is 3.38. The minimum atomic E-state index is -0.431. The lowest BCUT2D eigenvalue weighted by Crippen LogP contribution is -2.33. The molecule has 2 rings (SSSR count). The molecule has 0 unspecified atom stereocenters. The highest BCUT2D eigenvalue weighted by Crippen LogP contribution is 2.42. The minimum absolute atomic E-state index is 0.0169. The van der Waals surface area contributed by atoms with Crippen molar-refractivity contribution in [1.29, 1.82) is 0 Å². The van der Waals surface area contributed by atoms with E-state index in [1.54, 1.807) is 6.07 Å². The van der Waals surface area contributed by atoms with Crippen LogP contribution in [-0.4, -0.2) is 12.6 Å². The molecule has 1 saturated carbocycles. The summed E-state index contributed by atoms with van der Waals surface area (Å²) >= 11 is 0. The van der Waals surface area contributed by atoms with Crippen molar-refractivity contribution in [2.45, 2.75) is 32.2 Å². The number of nitrogens with two attached hydrogens (primary N) is 1. The van der Waals surface area contributed by atoms with Gasteiger partial charge in [0, 0.05) is 17.7 Å². The van der Waals surface area contributed by atoms with Crippen LogP contribution in [0.4, 0.5) is 15.8 Å². The maximum atomic E-state index is 13.4. The molecule has 0 atom stereocenters. The maximum absolute atomic E-state index is 13.4. The van der Waals surface area contributed by atoms with Crippen molar-refractivity contribution < 1.29 is 9.13 Å². The number of rotatable bonds is 4. The zero-order chi connectivity index (χ0) is 12.6. The monoisotopic (exact) mass is 238 g/mol. The summed E-state index contributed by atoms with van der Waals surface area (Å²) in [7, 11) is 1.45. The van der Waals surface area contributed by atoms with E-state index < -0.39 is 5.82 Å². The molecule has 17 heavy (non-hydrogen) atoms. The van der Waals surface area contributed by atoms with Gasteiger partial charge in [0.2, 0.25) is 0 Å². The predicted octanol–water partition coefficient (Wildman–Crippen LogP) is 3.02. The van der Waals surface area contributed by atoms with Gasteiger partial charge in [-0.2, -0.15) is 0 Å². The Hall–Kier alpha value is -1.45. The number of hydrogen-bond donors (Lipinski definition) is 2. The number of hydrogen-bond acceptors (Lipinski definition) is 3. The summed E-state index contributed by atoms with van der Waals surface area (Å²) in [5.41, 5.74) is 6.95. The minimum Gasteiger partial charge on any atom is -0.494 e. The van der Waals surface area contributed by atoms with Crippen molar-refractivity contribution in [3.8, 4) is 5.75 Å². The number of halogens is 1. The first-order valence-electron chi connectivity index (χ1n) is 5.85. The van der Waals surface area contributed by atoms with Crippen LogP contribution in [0.5, 0.6) is 5.75 Å². The first-order valence-corrected chi connectivity index (χ1v) is 5.85. The van der Waals surface area contributed by atoms with E-state index in [0.717, 1.165) is 5.69 Å². The van der Waals surface area contributed by atoms with Crippen molar-refractivity contribution in [1.82, 2.24) is 0 Å². The van der Waals surface area contributed by atoms with Crippen LogP contribution in [0.3, 0.4) is 0 Å². The van der Waals surface area contributed by atoms with Crippen LogP contribution in [0.25, 0.3) is 0 Å². The summed E-state index contributed by atoms with van der Waals surface area (Å²) < 4.78 is 18.4. The van der Waals surface area contributed by atoms with Gasteiger partial charge in [-0.15, -0.1) is 0 Å². The SMILES string of the molecule is COc1cc(NC(C)(C)C2CC2)c(N)cc1F. The highest BCUT2D eigenvalue weighted by Gasteiger charge is 2.37. The first kappa shape index (κ1) is 12.0. The molecule has 1 aromatic carbocycles. The lowest BCUT2D eigenvalue weighted by Gasteiger charge is -2.28. The Morgan fingerprint density at radius 3 is 2.59 bits per heavy atom. The molecule has 3 N–H and O–H groups in total. The fourth-order valence-corrected chi connectivity index (χ4v) is 2.09. The van der Waals surface area contributed by atoms with Gasteiger partial charge in [0.25, 0.3) is 0 Å². The number of nitrogens with one attached hydrogen (secondary N) is 1. The van der Waals surface area contributed by atoms with Crippen LogP contribution in [0, 0.1) is 11.7 Å². The smallest absolute Gasteiger partial charge is 0.167 e. The largest absolute Gasteiger partial charge is 0.494 e. The Balaban J connectivity index is 2.25. The summed E-state index contributed by atoms with van der Waals surface area (Å²) in [6, 6.07) is 2.92. The van der Waals surface area contributed by atoms with Crippen molar-refractivity contribution in [3.63, 3.8) is 0 Å². The third-order valence-corrected chi connectivity index (χ3v) is 3.38. The van der Waals surface area contributed by atoms with Crippen LogP contribution in [0.2, 0.25) is 0 Å². The molecule has 1 fully saturated rings. The summed E-state index contributed by atoms with van der Waals surface area (Å²) in [5, 5.41) is 3.38. The Morgan fingerprint density at radius 2 is 2.06 bits per heavy atom. The Labute approximate surface area is 101 Å². The zero-order valence-electron chi connectivity index (χ0n) is 10.5. The molecule has 4 heteroatoms. The van der Waals surface area contributed by atoms with Crippen LogP contribution < -0.4 is 15.8 Å². The molecule has 0 saturated heterocycles. The van der Waals surface area contributed by atoms with Gasteiger partial charge in [-0.1, -0.05) is 0 Å². The second kappa shape index (κ2) is 4.09. The van der Waals surface area contributed by atoms with E-state index in [4.69, 9.17) is 10.5 Å². The molecule has 0 bridgehead atoms. The molecule has 3 nitrogen and oxygen atoms in total. The van der Waals surface area contributed by atoms with Crippen molar-refractivity contribution >= 4 is 11.4 Å². The fraction of sp³-hybridized carbons (Fsp3) is 0.538. The van der Waals surface area contributed by atoms with Crippen LogP contribution in [0.15, 0.2) is 12.1 Å². The van der Waals surface area contributed by atoms with Gasteiger partial charge in [0.1, 0.15) is 0 Å². The maximum Gasteiger partial charge on any atom is 0.167 e. The number of methoxy groups -OCH3 is 1. The van der Waals surface area contributed by atoms with Gasteiger partial charge in [-0.05, 0) is 32.6 Å². The van der Waals surface area contributed by atoms with Gasteiger partial charge in [0.05, 0.1) is 18.5 Å². The van der Waals surface area contributed by atoms with E-state index >= 15 is 0 Å². The molecule has 0 aliphatic heterocycles. The molecule has 1 aliphatic rings. The molecule has 1 aromatic rings. The normalized spacial score (nSPS) is 15.8. The van der Waals surface area contributed by atoms with Gasteiger partial charge in [0.15, 0.2) is 11.6 Å². The highest BCUT2D eigenvalue weighted by molar-refractivity contribution is 5.69. The number of anilines is 2. The average molecular weight is 238 g/mol. The molecule has 0 aromatic heterocycles. The third kappa shape index (κ3) is 2.46. The van der Waals surface area contributed by atoms with Crippen molar-refractivity contribution in [2.75, 3.05) is 18.2 Å². The van der Waals surface area contributed by atoms with Crippen molar-refractivity contribution in [3.05, 3.63) is 17.9 Å². The van der Waals surface area contributed by atoms with Gasteiger partial charge in [-0.25, -0.2) is 4.39 Å². The molecular weight excluding hydrogens is 219 g/mol. The number of ether oxygens (including phenoxy) is 1. The number of benzene rings is 1. The zero-order valence-corrected chi connectivity index (χ0v) is 10.5. The van der Waals surface area contributed by atoms with Crippen molar-refractivity contribution in [2.24, 2.45) is 5.92 Å². The second-order valence-corrected chi connectivity index (χ2v) is 5.19. The van der Waals surface area contributed by atoms with Gasteiger partial charge < -0.3 is 15.8 Å². The summed E-state index contributed by atoms with van der Waals surface area (Å²) in [5.74, 6) is 0.450. The van der Waals surface area contributed by atoms with E-state index in [9.17, 15) is 4.39 Å². The molecule has 0 amide bonds. The van der Waals surface area contributed by atoms with E-state index in [0.29, 0.717) is 11.6 Å². The lowest BCUT2D eigenvalue weighted by molar-refractivity contribution is 0.386. The fourth-order valence-electron chi connectivity index (χ4n) is 2.09. The predicted molar refractivity (Wildman–Crippen MR) is 67.8 cm³/mol. The molecular formula is C13H19FN2O. The topological polar surface area (TPSA) is 47.3 Å². The Morgan fingerprint density at radius 1 is 1.41 bits per heavy atom. The van der Waals surface area contributed by atoms with Crippen LogP contribution in [-0.2, 0) is 0 Å². The summed E-state index contributed by atoms with van der Waals surface area (Å²) in [6.45, 7) is 4.28. The molecule has 94 valence electrons. The molecule has 0 radical (unpaired) electrons. The molecule has 1 aliphatic carbocycles. The van der Waals surface area contributed by atoms with Crippen LogP contribution in [0.1, 0.15) is 26.7 Å². The lowest BCUT2D eigenvalue weighted by atomic mass is 9.98. The van der Waals surface area contributed by atoms with E-state index in [1.807, 2.05) is 0 Å². The first-order chi connectivity index (χ1) is 7.94. The second-order valence-electron chi connectivity index (χ2n) is 5.19. The molecule has 0 heterocycles. The highest BCUT2D eigenvalue weighted by atomic mass is 19.1. The average Bonchev–Trinajstić information content (AvgIpc) is 3.05. The van der Waals surface area contributed by atoms with E-state index in [-0.39, 0.29) is 11.3 Å². The van der Waals surface area contributed by atoms with E-state index in [1.165, 1.54) is 26.0 Å². The quantitative estimate of drug-likeness (QED) is 0.793. The standard InChI is InChI=1S/C13H19FN2O/c1-13(2,8-4-5-8)16-11-7-12(17-3)9(14)6-10(11)15/h6-8,16H,4-5,15H2,1-3H3. The van der Waals surface area contributed by atoms with Gasteiger partial charge in [-0.3, -0.25) is 0 Å². The number of nitrogen functional groups attached to an aromatic ring is 1. The Kier molecular flexibility index (Phi) is 2.89. The molecule has 0 spiro atoms.